The van der Waals surface area contributed by atoms with Crippen molar-refractivity contribution < 1.29 is 13.2 Å². The molecule has 1 aliphatic heterocycles. The van der Waals surface area contributed by atoms with Crippen LogP contribution in [0.25, 0.3) is 0 Å². The molecule has 0 radical (unpaired) electrons. The van der Waals surface area contributed by atoms with Crippen LogP contribution in [0.4, 0.5) is 0 Å². The average molecular weight is 388 g/mol. The van der Waals surface area contributed by atoms with Crippen molar-refractivity contribution >= 4 is 10.0 Å². The van der Waals surface area contributed by atoms with Gasteiger partial charge in [-0.05, 0) is 61.2 Å². The Hall–Kier alpha value is -1.93. The molecule has 1 saturated heterocycles. The Balaban J connectivity index is 1.60. The molecule has 0 spiro atoms. The number of ether oxygens (including phenoxy) is 1. The zero-order valence-corrected chi connectivity index (χ0v) is 15.9. The second-order valence-corrected chi connectivity index (χ2v) is 8.98. The van der Waals surface area contributed by atoms with Gasteiger partial charge < -0.3 is 10.5 Å². The fraction of sp³-hybridized carbons (Fsp3) is 0.400. The van der Waals surface area contributed by atoms with E-state index >= 15 is 0 Å². The Morgan fingerprint density at radius 2 is 1.81 bits per heavy atom. The molecule has 0 unspecified atom stereocenters. The zero-order valence-electron chi connectivity index (χ0n) is 15.1. The van der Waals surface area contributed by atoms with Crippen molar-refractivity contribution in [3.05, 3.63) is 59.7 Å². The van der Waals surface area contributed by atoms with Crippen LogP contribution in [0, 0.1) is 0 Å². The maximum absolute atomic E-state index is 11.5. The molecule has 1 aliphatic carbocycles. The number of sulfonamides is 1. The molecule has 0 amide bonds. The smallest absolute Gasteiger partial charge is 0.238 e. The molecule has 0 saturated carbocycles. The van der Waals surface area contributed by atoms with E-state index < -0.39 is 10.0 Å². The van der Waals surface area contributed by atoms with Crippen molar-refractivity contribution in [1.29, 1.82) is 0 Å². The van der Waals surface area contributed by atoms with E-state index in [2.05, 4.69) is 23.1 Å². The predicted octanol–water partition coefficient (Wildman–Crippen LogP) is 1.80. The minimum Gasteiger partial charge on any atom is -0.484 e. The van der Waals surface area contributed by atoms with Gasteiger partial charge in [0.15, 0.2) is 0 Å². The summed E-state index contributed by atoms with van der Waals surface area (Å²) in [7, 11) is -3.71. The number of benzene rings is 2. The molecule has 2 aromatic rings. The van der Waals surface area contributed by atoms with Crippen LogP contribution in [-0.4, -0.2) is 38.5 Å². The Morgan fingerprint density at radius 1 is 1.07 bits per heavy atom. The Morgan fingerprint density at radius 3 is 2.52 bits per heavy atom. The molecule has 27 heavy (non-hydrogen) atoms. The number of nitrogens with two attached hydrogens (primary N) is 2. The van der Waals surface area contributed by atoms with E-state index in [4.69, 9.17) is 15.6 Å². The summed E-state index contributed by atoms with van der Waals surface area (Å²) in [6.45, 7) is 1.90. The Bertz CT molecular complexity index is 914. The number of piperidine rings is 1. The lowest BCUT2D eigenvalue weighted by molar-refractivity contribution is 0.0593. The molecular weight excluding hydrogens is 362 g/mol. The minimum absolute atomic E-state index is 0.0835. The number of likely N-dealkylation sites (tertiary alicyclic amines) is 1. The van der Waals surface area contributed by atoms with Crippen LogP contribution in [-0.2, 0) is 16.4 Å². The van der Waals surface area contributed by atoms with E-state index in [0.29, 0.717) is 5.75 Å². The summed E-state index contributed by atoms with van der Waals surface area (Å²) < 4.78 is 29.3. The summed E-state index contributed by atoms with van der Waals surface area (Å²) >= 11 is 0. The number of hydrogen-bond donors (Lipinski definition) is 2. The molecule has 144 valence electrons. The number of hydrogen-bond acceptors (Lipinski definition) is 5. The van der Waals surface area contributed by atoms with E-state index in [0.717, 1.165) is 32.4 Å². The van der Waals surface area contributed by atoms with Gasteiger partial charge in [0.2, 0.25) is 10.0 Å². The van der Waals surface area contributed by atoms with Crippen LogP contribution in [0.3, 0.4) is 0 Å². The van der Waals surface area contributed by atoms with Crippen LogP contribution >= 0.6 is 0 Å². The van der Waals surface area contributed by atoms with Gasteiger partial charge in [0.1, 0.15) is 11.9 Å². The van der Waals surface area contributed by atoms with E-state index in [9.17, 15) is 8.42 Å². The van der Waals surface area contributed by atoms with E-state index in [-0.39, 0.29) is 23.1 Å². The quantitative estimate of drug-likeness (QED) is 0.834. The predicted molar refractivity (Wildman–Crippen MR) is 104 cm³/mol. The standard InChI is InChI=1S/C20H25N3O3S/c21-15-5-3-11-23(13-15)19-12-14-4-1-2-6-18(14)20(19)26-16-7-9-17(10-8-16)27(22,24)25/h1-2,4,6-10,15,19-20H,3,5,11-13,21H2,(H2,22,24,25)/t15-,19+,20+/m1/s1. The third-order valence-corrected chi connectivity index (χ3v) is 6.44. The highest BCUT2D eigenvalue weighted by Gasteiger charge is 2.39. The van der Waals surface area contributed by atoms with Crippen LogP contribution in [0.15, 0.2) is 53.4 Å². The van der Waals surface area contributed by atoms with E-state index in [1.807, 2.05) is 6.07 Å². The van der Waals surface area contributed by atoms with Crippen LogP contribution in [0.2, 0.25) is 0 Å². The molecule has 0 aromatic heterocycles. The largest absolute Gasteiger partial charge is 0.484 e. The highest BCUT2D eigenvalue weighted by Crippen LogP contribution is 2.38. The summed E-state index contributed by atoms with van der Waals surface area (Å²) in [5, 5.41) is 5.18. The lowest BCUT2D eigenvalue weighted by atomic mass is 10.0. The number of fused-ring (bicyclic) bond motifs is 1. The molecule has 4 N–H and O–H groups in total. The first kappa shape index (κ1) is 18.4. The van der Waals surface area contributed by atoms with Crippen molar-refractivity contribution in [2.75, 3.05) is 13.1 Å². The van der Waals surface area contributed by atoms with Crippen LogP contribution in [0.1, 0.15) is 30.1 Å². The lowest BCUT2D eigenvalue weighted by Crippen LogP contribution is -2.49. The first-order valence-corrected chi connectivity index (χ1v) is 10.8. The van der Waals surface area contributed by atoms with E-state index in [1.165, 1.54) is 23.3 Å². The second-order valence-electron chi connectivity index (χ2n) is 7.42. The molecule has 6 nitrogen and oxygen atoms in total. The normalized spacial score (nSPS) is 25.9. The summed E-state index contributed by atoms with van der Waals surface area (Å²) in [6.07, 6.45) is 3.00. The van der Waals surface area contributed by atoms with Gasteiger partial charge in [-0.3, -0.25) is 4.90 Å². The number of primary sulfonamides is 1. The molecule has 1 heterocycles. The number of nitrogens with zero attached hydrogens (tertiary/aromatic N) is 1. The van der Waals surface area contributed by atoms with Gasteiger partial charge in [0.25, 0.3) is 0 Å². The minimum atomic E-state index is -3.71. The molecule has 2 aliphatic rings. The van der Waals surface area contributed by atoms with Gasteiger partial charge >= 0.3 is 0 Å². The van der Waals surface area contributed by atoms with Crippen molar-refractivity contribution in [2.45, 2.75) is 42.3 Å². The highest BCUT2D eigenvalue weighted by atomic mass is 32.2. The fourth-order valence-corrected chi connectivity index (χ4v) is 4.71. The van der Waals surface area contributed by atoms with Gasteiger partial charge in [-0.25, -0.2) is 13.6 Å². The lowest BCUT2D eigenvalue weighted by Gasteiger charge is -2.38. The second kappa shape index (κ2) is 7.24. The van der Waals surface area contributed by atoms with Crippen LogP contribution < -0.4 is 15.6 Å². The van der Waals surface area contributed by atoms with Crippen molar-refractivity contribution in [3.8, 4) is 5.75 Å². The van der Waals surface area contributed by atoms with Crippen molar-refractivity contribution in [1.82, 2.24) is 4.90 Å². The SMILES string of the molecule is N[C@@H]1CCCN([C@H]2Cc3ccccc3[C@@H]2Oc2ccc(S(N)(=O)=O)cc2)C1. The first-order valence-electron chi connectivity index (χ1n) is 9.29. The average Bonchev–Trinajstić information content (AvgIpc) is 3.00. The Labute approximate surface area is 160 Å². The van der Waals surface area contributed by atoms with Crippen molar-refractivity contribution in [3.63, 3.8) is 0 Å². The van der Waals surface area contributed by atoms with Crippen LogP contribution in [0.5, 0.6) is 5.75 Å². The highest BCUT2D eigenvalue weighted by molar-refractivity contribution is 7.89. The van der Waals surface area contributed by atoms with Gasteiger partial charge in [-0.2, -0.15) is 0 Å². The summed E-state index contributed by atoms with van der Waals surface area (Å²) in [4.78, 5) is 2.53. The van der Waals surface area contributed by atoms with Crippen molar-refractivity contribution in [2.24, 2.45) is 10.9 Å². The van der Waals surface area contributed by atoms with Gasteiger partial charge in [-0.1, -0.05) is 24.3 Å². The Kier molecular flexibility index (Phi) is 4.94. The molecule has 0 bridgehead atoms. The van der Waals surface area contributed by atoms with Gasteiger partial charge in [0.05, 0.1) is 10.9 Å². The maximum atomic E-state index is 11.5. The molecule has 2 aromatic carbocycles. The molecular formula is C20H25N3O3S. The molecule has 3 atom stereocenters. The third-order valence-electron chi connectivity index (χ3n) is 5.51. The summed E-state index contributed by atoms with van der Waals surface area (Å²) in [5.74, 6) is 0.635. The third kappa shape index (κ3) is 3.87. The zero-order chi connectivity index (χ0) is 19.0. The maximum Gasteiger partial charge on any atom is 0.238 e. The summed E-state index contributed by atoms with van der Waals surface area (Å²) in [6, 6.07) is 15.1. The monoisotopic (exact) mass is 387 g/mol. The topological polar surface area (TPSA) is 98.6 Å². The molecule has 7 heteroatoms. The number of rotatable bonds is 4. The van der Waals surface area contributed by atoms with Gasteiger partial charge in [-0.15, -0.1) is 0 Å². The first-order chi connectivity index (χ1) is 12.9. The fourth-order valence-electron chi connectivity index (χ4n) is 4.20. The summed E-state index contributed by atoms with van der Waals surface area (Å²) in [5.41, 5.74) is 8.69. The molecule has 4 rings (SSSR count). The molecule has 1 fully saturated rings. The van der Waals surface area contributed by atoms with E-state index in [1.54, 1.807) is 12.1 Å². The van der Waals surface area contributed by atoms with Gasteiger partial charge in [0, 0.05) is 12.6 Å².